The molecule has 4 heteroatoms. The number of carbonyl (C=O) groups excluding carboxylic acids is 1. The average molecular weight is 211 g/mol. The Morgan fingerprint density at radius 1 is 1.58 bits per heavy atom. The Kier molecular flexibility index (Phi) is 5.34. The molecule has 0 aliphatic rings. The lowest BCUT2D eigenvalue weighted by molar-refractivity contribution is -0.138. The van der Waals surface area contributed by atoms with Gasteiger partial charge in [0.25, 0.3) is 0 Å². The first kappa shape index (κ1) is 11.8. The van der Waals surface area contributed by atoms with E-state index in [0.717, 1.165) is 0 Å². The van der Waals surface area contributed by atoms with Gasteiger partial charge in [0, 0.05) is 5.57 Å². The predicted octanol–water partition coefficient (Wildman–Crippen LogP) is 2.34. The van der Waals surface area contributed by atoms with Crippen LogP contribution in [0.1, 0.15) is 13.8 Å². The zero-order chi connectivity index (χ0) is 9.72. The quantitative estimate of drug-likeness (QED) is 0.405. The van der Waals surface area contributed by atoms with Crippen LogP contribution in [-0.4, -0.2) is 23.3 Å². The summed E-state index contributed by atoms with van der Waals surface area (Å²) >= 11 is 11.4. The van der Waals surface area contributed by atoms with Gasteiger partial charge in [-0.05, 0) is 13.8 Å². The van der Waals surface area contributed by atoms with Crippen molar-refractivity contribution in [3.05, 3.63) is 12.2 Å². The van der Waals surface area contributed by atoms with Crippen LogP contribution in [0.15, 0.2) is 12.2 Å². The van der Waals surface area contributed by atoms with Gasteiger partial charge in [-0.15, -0.1) is 23.2 Å². The number of alkyl halides is 2. The van der Waals surface area contributed by atoms with E-state index < -0.39 is 5.97 Å². The third kappa shape index (κ3) is 4.62. The van der Waals surface area contributed by atoms with Crippen molar-refractivity contribution < 1.29 is 9.53 Å². The van der Waals surface area contributed by atoms with Crippen molar-refractivity contribution in [1.29, 1.82) is 0 Å². The van der Waals surface area contributed by atoms with Crippen molar-refractivity contribution >= 4 is 29.2 Å². The maximum atomic E-state index is 10.8. The van der Waals surface area contributed by atoms with E-state index in [0.29, 0.717) is 5.57 Å². The highest BCUT2D eigenvalue weighted by Gasteiger charge is 2.14. The predicted molar refractivity (Wildman–Crippen MR) is 50.7 cm³/mol. The summed E-state index contributed by atoms with van der Waals surface area (Å²) in [4.78, 5) is 10.8. The van der Waals surface area contributed by atoms with E-state index in [1.54, 1.807) is 13.8 Å². The van der Waals surface area contributed by atoms with Crippen LogP contribution in [-0.2, 0) is 9.53 Å². The Hall–Kier alpha value is -0.210. The summed E-state index contributed by atoms with van der Waals surface area (Å²) in [5, 5.41) is -0.570. The number of hydrogen-bond donors (Lipinski definition) is 0. The Labute approximate surface area is 82.5 Å². The van der Waals surface area contributed by atoms with Gasteiger partial charge in [0.2, 0.25) is 0 Å². The lowest BCUT2D eigenvalue weighted by Gasteiger charge is -2.11. The molecule has 0 aliphatic heterocycles. The zero-order valence-corrected chi connectivity index (χ0v) is 8.65. The minimum absolute atomic E-state index is 0.123. The Morgan fingerprint density at radius 3 is 2.42 bits per heavy atom. The molecular formula is C8H12Cl2O2. The summed E-state index contributed by atoms with van der Waals surface area (Å²) in [6.45, 7) is 6.87. The van der Waals surface area contributed by atoms with E-state index in [-0.39, 0.29) is 17.4 Å². The second-order valence-corrected chi connectivity index (χ2v) is 3.82. The molecule has 0 heterocycles. The third-order valence-electron chi connectivity index (χ3n) is 1.22. The number of halogens is 2. The first-order valence-electron chi connectivity index (χ1n) is 3.56. The molecule has 0 radical (unpaired) electrons. The molecule has 0 saturated heterocycles. The summed E-state index contributed by atoms with van der Waals surface area (Å²) in [6.07, 6.45) is 0. The summed E-state index contributed by atoms with van der Waals surface area (Å²) in [7, 11) is 0. The molecule has 0 aromatic rings. The molecule has 0 N–H and O–H groups in total. The van der Waals surface area contributed by atoms with E-state index in [1.807, 2.05) is 0 Å². The third-order valence-corrected chi connectivity index (χ3v) is 2.16. The SMILES string of the molecule is C=C(C)C(=O)OCC(Cl)C(C)Cl. The molecule has 0 aliphatic carbocycles. The summed E-state index contributed by atoms with van der Waals surface area (Å²) in [6, 6.07) is 0. The Morgan fingerprint density at radius 2 is 2.08 bits per heavy atom. The second-order valence-electron chi connectivity index (χ2n) is 2.57. The van der Waals surface area contributed by atoms with Crippen molar-refractivity contribution in [2.24, 2.45) is 0 Å². The van der Waals surface area contributed by atoms with Gasteiger partial charge in [-0.2, -0.15) is 0 Å². The van der Waals surface area contributed by atoms with Gasteiger partial charge in [-0.25, -0.2) is 4.79 Å². The van der Waals surface area contributed by atoms with Crippen LogP contribution in [0.4, 0.5) is 0 Å². The average Bonchev–Trinajstić information content (AvgIpc) is 1.98. The molecule has 0 fully saturated rings. The monoisotopic (exact) mass is 210 g/mol. The van der Waals surface area contributed by atoms with Gasteiger partial charge < -0.3 is 4.74 Å². The fraction of sp³-hybridized carbons (Fsp3) is 0.625. The summed E-state index contributed by atoms with van der Waals surface area (Å²) in [5.41, 5.74) is 0.362. The van der Waals surface area contributed by atoms with Crippen molar-refractivity contribution in [1.82, 2.24) is 0 Å². The molecular weight excluding hydrogens is 199 g/mol. The maximum absolute atomic E-state index is 10.8. The molecule has 0 aromatic heterocycles. The van der Waals surface area contributed by atoms with Crippen LogP contribution >= 0.6 is 23.2 Å². The smallest absolute Gasteiger partial charge is 0.333 e. The van der Waals surface area contributed by atoms with Crippen molar-refractivity contribution in [2.75, 3.05) is 6.61 Å². The normalized spacial score (nSPS) is 15.0. The molecule has 0 rings (SSSR count). The van der Waals surface area contributed by atoms with Crippen molar-refractivity contribution in [3.63, 3.8) is 0 Å². The lowest BCUT2D eigenvalue weighted by Crippen LogP contribution is -2.20. The van der Waals surface area contributed by atoms with Crippen LogP contribution in [0.5, 0.6) is 0 Å². The van der Waals surface area contributed by atoms with Gasteiger partial charge in [0.1, 0.15) is 6.61 Å². The fourth-order valence-electron chi connectivity index (χ4n) is 0.411. The van der Waals surface area contributed by atoms with Crippen LogP contribution in [0.3, 0.4) is 0 Å². The van der Waals surface area contributed by atoms with E-state index in [4.69, 9.17) is 27.9 Å². The number of ether oxygens (including phenoxy) is 1. The topological polar surface area (TPSA) is 26.3 Å². The number of carbonyl (C=O) groups is 1. The zero-order valence-electron chi connectivity index (χ0n) is 7.14. The molecule has 0 spiro atoms. The first-order chi connectivity index (χ1) is 5.45. The fourth-order valence-corrected chi connectivity index (χ4v) is 0.547. The van der Waals surface area contributed by atoms with Crippen LogP contribution < -0.4 is 0 Å². The molecule has 12 heavy (non-hydrogen) atoms. The first-order valence-corrected chi connectivity index (χ1v) is 4.43. The highest BCUT2D eigenvalue weighted by Crippen LogP contribution is 2.09. The Balaban J connectivity index is 3.69. The number of esters is 1. The number of rotatable bonds is 4. The molecule has 0 aromatic carbocycles. The molecule has 0 saturated carbocycles. The highest BCUT2D eigenvalue weighted by molar-refractivity contribution is 6.29. The maximum Gasteiger partial charge on any atom is 0.333 e. The number of hydrogen-bond acceptors (Lipinski definition) is 2. The van der Waals surface area contributed by atoms with E-state index in [9.17, 15) is 4.79 Å². The van der Waals surface area contributed by atoms with E-state index in [1.165, 1.54) is 0 Å². The molecule has 0 bridgehead atoms. The summed E-state index contributed by atoms with van der Waals surface area (Å²) < 4.78 is 4.77. The largest absolute Gasteiger partial charge is 0.461 e. The van der Waals surface area contributed by atoms with Crippen molar-refractivity contribution in [2.45, 2.75) is 24.6 Å². The minimum Gasteiger partial charge on any atom is -0.461 e. The minimum atomic E-state index is -0.432. The molecule has 70 valence electrons. The summed E-state index contributed by atoms with van der Waals surface area (Å²) in [5.74, 6) is -0.432. The van der Waals surface area contributed by atoms with Crippen LogP contribution in [0.25, 0.3) is 0 Å². The van der Waals surface area contributed by atoms with E-state index >= 15 is 0 Å². The van der Waals surface area contributed by atoms with Gasteiger partial charge in [0.15, 0.2) is 0 Å². The van der Waals surface area contributed by atoms with Crippen LogP contribution in [0.2, 0.25) is 0 Å². The second kappa shape index (κ2) is 5.44. The lowest BCUT2D eigenvalue weighted by atomic mass is 10.3. The van der Waals surface area contributed by atoms with E-state index in [2.05, 4.69) is 6.58 Å². The molecule has 2 nitrogen and oxygen atoms in total. The van der Waals surface area contributed by atoms with Gasteiger partial charge in [-0.3, -0.25) is 0 Å². The Bertz CT molecular complexity index is 178. The molecule has 2 atom stereocenters. The van der Waals surface area contributed by atoms with Crippen molar-refractivity contribution in [3.8, 4) is 0 Å². The molecule has 0 amide bonds. The molecule has 2 unspecified atom stereocenters. The van der Waals surface area contributed by atoms with Gasteiger partial charge in [-0.1, -0.05) is 6.58 Å². The van der Waals surface area contributed by atoms with Gasteiger partial charge in [0.05, 0.1) is 10.8 Å². The van der Waals surface area contributed by atoms with Crippen LogP contribution in [0, 0.1) is 0 Å². The highest BCUT2D eigenvalue weighted by atomic mass is 35.5. The standard InChI is InChI=1S/C8H12Cl2O2/c1-5(2)8(11)12-4-7(10)6(3)9/h6-7H,1,4H2,2-3H3. The van der Waals surface area contributed by atoms with Gasteiger partial charge >= 0.3 is 5.97 Å².